The number of para-hydroxylation sites is 1. The van der Waals surface area contributed by atoms with Crippen LogP contribution in [0.4, 0.5) is 0 Å². The fourth-order valence-electron chi connectivity index (χ4n) is 3.08. The second-order valence-electron chi connectivity index (χ2n) is 6.55. The second kappa shape index (κ2) is 8.88. The van der Waals surface area contributed by atoms with Crippen LogP contribution in [0.1, 0.15) is 31.8 Å². The molecule has 0 aromatic heterocycles. The molecule has 0 spiro atoms. The summed E-state index contributed by atoms with van der Waals surface area (Å²) in [6.07, 6.45) is 0.268. The Morgan fingerprint density at radius 3 is 2.64 bits per heavy atom. The van der Waals surface area contributed by atoms with Crippen molar-refractivity contribution in [2.24, 2.45) is 5.73 Å². The van der Waals surface area contributed by atoms with Crippen LogP contribution in [0.2, 0.25) is 0 Å². The minimum atomic E-state index is -1.34. The summed E-state index contributed by atoms with van der Waals surface area (Å²) in [6.45, 7) is 1.94. The van der Waals surface area contributed by atoms with E-state index in [9.17, 15) is 19.7 Å². The molecule has 9 heteroatoms. The quantitative estimate of drug-likeness (QED) is 0.340. The number of aromatic carboxylic acids is 1. The number of hydrogen-bond donors (Lipinski definition) is 5. The molecule has 0 fully saturated rings. The van der Waals surface area contributed by atoms with Gasteiger partial charge in [-0.2, -0.15) is 0 Å². The molecule has 1 heterocycles. The van der Waals surface area contributed by atoms with Crippen molar-refractivity contribution in [3.05, 3.63) is 64.7 Å². The molecular weight excluding hydrogens is 361 g/mol. The first-order valence-electron chi connectivity index (χ1n) is 9.00. The summed E-state index contributed by atoms with van der Waals surface area (Å²) < 4.78 is 5.39. The van der Waals surface area contributed by atoms with Gasteiger partial charge in [-0.25, -0.2) is 4.79 Å². The van der Waals surface area contributed by atoms with E-state index in [1.165, 1.54) is 6.07 Å². The largest absolute Gasteiger partial charge is 0.547 e. The maximum Gasteiger partial charge on any atom is 0.547 e. The number of carbonyl (C=O) groups excluding carboxylic acids is 1. The Morgan fingerprint density at radius 2 is 1.96 bits per heavy atom. The number of rotatable bonds is 7. The molecule has 0 radical (unpaired) electrons. The van der Waals surface area contributed by atoms with Crippen molar-refractivity contribution in [3.8, 4) is 5.75 Å². The summed E-state index contributed by atoms with van der Waals surface area (Å²) in [7, 11) is -1.34. The predicted octanol–water partition coefficient (Wildman–Crippen LogP) is 0.186. The lowest BCUT2D eigenvalue weighted by atomic mass is 9.72. The molecule has 1 unspecified atom stereocenters. The van der Waals surface area contributed by atoms with Crippen molar-refractivity contribution in [1.29, 1.82) is 0 Å². The zero-order chi connectivity index (χ0) is 20.1. The number of hydrogen-bond acceptors (Lipinski definition) is 6. The Bertz CT molecular complexity index is 859. The molecule has 2 aromatic carbocycles. The fourth-order valence-corrected chi connectivity index (χ4v) is 3.08. The second-order valence-corrected chi connectivity index (χ2v) is 6.55. The first-order chi connectivity index (χ1) is 13.5. The van der Waals surface area contributed by atoms with Gasteiger partial charge in [-0.05, 0) is 35.7 Å². The summed E-state index contributed by atoms with van der Waals surface area (Å²) in [5.41, 5.74) is 7.53. The van der Waals surface area contributed by atoms with E-state index in [0.29, 0.717) is 30.8 Å². The van der Waals surface area contributed by atoms with Crippen LogP contribution < -0.4 is 21.0 Å². The molecule has 1 aliphatic heterocycles. The van der Waals surface area contributed by atoms with Crippen molar-refractivity contribution in [3.63, 3.8) is 0 Å². The first-order valence-corrected chi connectivity index (χ1v) is 9.00. The van der Waals surface area contributed by atoms with E-state index in [1.54, 1.807) is 24.3 Å². The predicted molar refractivity (Wildman–Crippen MR) is 104 cm³/mol. The Morgan fingerprint density at radius 1 is 1.21 bits per heavy atom. The zero-order valence-electron chi connectivity index (χ0n) is 15.2. The van der Waals surface area contributed by atoms with Gasteiger partial charge in [-0.15, -0.1) is 0 Å². The van der Waals surface area contributed by atoms with Crippen molar-refractivity contribution in [2.45, 2.75) is 18.9 Å². The van der Waals surface area contributed by atoms with Gasteiger partial charge in [0.05, 0.1) is 11.5 Å². The van der Waals surface area contributed by atoms with E-state index in [1.807, 2.05) is 12.1 Å². The molecule has 1 atom stereocenters. The Balaban J connectivity index is 1.66. The van der Waals surface area contributed by atoms with Crippen LogP contribution >= 0.6 is 0 Å². The highest BCUT2D eigenvalue weighted by Crippen LogP contribution is 2.30. The van der Waals surface area contributed by atoms with Crippen LogP contribution in [-0.2, 0) is 13.0 Å². The number of nitrogens with one attached hydrogen (secondary N) is 2. The fraction of sp³-hybridized carbons (Fsp3) is 0.263. The van der Waals surface area contributed by atoms with E-state index >= 15 is 0 Å². The average molecular weight is 383 g/mol. The highest BCUT2D eigenvalue weighted by Gasteiger charge is 2.37. The molecule has 1 amide bonds. The Hall–Kier alpha value is -2.88. The van der Waals surface area contributed by atoms with Crippen LogP contribution in [0.25, 0.3) is 0 Å². The Kier molecular flexibility index (Phi) is 6.30. The monoisotopic (exact) mass is 383 g/mol. The number of carboxylic acid groups (broad SMARTS) is 1. The van der Waals surface area contributed by atoms with E-state index in [0.717, 1.165) is 5.56 Å². The van der Waals surface area contributed by atoms with Gasteiger partial charge in [-0.3, -0.25) is 4.79 Å². The van der Waals surface area contributed by atoms with Crippen LogP contribution in [0.15, 0.2) is 42.5 Å². The van der Waals surface area contributed by atoms with Crippen molar-refractivity contribution < 1.29 is 24.4 Å². The van der Waals surface area contributed by atoms with Gasteiger partial charge in [0.2, 0.25) is 0 Å². The molecule has 1 aliphatic rings. The lowest BCUT2D eigenvalue weighted by Crippen LogP contribution is -2.53. The first kappa shape index (κ1) is 19.9. The molecule has 0 aliphatic carbocycles. The molecule has 8 nitrogen and oxygen atoms in total. The molecule has 0 bridgehead atoms. The molecule has 0 saturated heterocycles. The van der Waals surface area contributed by atoms with Crippen LogP contribution in [0.3, 0.4) is 0 Å². The van der Waals surface area contributed by atoms with Crippen molar-refractivity contribution >= 4 is 19.0 Å². The summed E-state index contributed by atoms with van der Waals surface area (Å²) in [6, 6.07) is 11.9. The summed E-state index contributed by atoms with van der Waals surface area (Å²) in [5, 5.41) is 25.4. The normalized spacial score (nSPS) is 15.5. The van der Waals surface area contributed by atoms with Gasteiger partial charge in [-0.1, -0.05) is 24.3 Å². The van der Waals surface area contributed by atoms with Gasteiger partial charge < -0.3 is 31.2 Å². The van der Waals surface area contributed by atoms with Crippen LogP contribution in [-0.4, -0.2) is 48.2 Å². The molecule has 2 aromatic rings. The number of benzene rings is 2. The SMILES string of the molecule is NCCNCc1ccc(C(=O)NC2Cc3cccc(C(=O)O)c3OB2O)cc1. The van der Waals surface area contributed by atoms with Crippen molar-refractivity contribution in [2.75, 3.05) is 13.1 Å². The molecular formula is C19H22BN3O5. The number of amides is 1. The van der Waals surface area contributed by atoms with Gasteiger partial charge in [0.1, 0.15) is 5.75 Å². The third kappa shape index (κ3) is 4.51. The molecule has 146 valence electrons. The lowest BCUT2D eigenvalue weighted by molar-refractivity contribution is 0.0693. The third-order valence-corrected chi connectivity index (χ3v) is 4.53. The standard InChI is InChI=1S/C19H22BN3O5/c21-8-9-22-11-12-4-6-13(7-5-12)18(24)23-16-10-14-2-1-3-15(19(25)26)17(14)28-20(16)27/h1-7,16,22,27H,8-11,21H2,(H,23,24)(H,25,26). The third-order valence-electron chi connectivity index (χ3n) is 4.53. The lowest BCUT2D eigenvalue weighted by Gasteiger charge is -2.28. The average Bonchev–Trinajstić information content (AvgIpc) is 2.68. The highest BCUT2D eigenvalue weighted by molar-refractivity contribution is 6.47. The highest BCUT2D eigenvalue weighted by atomic mass is 16.5. The smallest absolute Gasteiger partial charge is 0.534 e. The number of carboxylic acids is 1. The van der Waals surface area contributed by atoms with Gasteiger partial charge in [0.25, 0.3) is 5.91 Å². The van der Waals surface area contributed by atoms with Crippen LogP contribution in [0, 0.1) is 0 Å². The molecule has 6 N–H and O–H groups in total. The van der Waals surface area contributed by atoms with Gasteiger partial charge in [0.15, 0.2) is 0 Å². The number of fused-ring (bicyclic) bond motifs is 1. The topological polar surface area (TPSA) is 134 Å². The number of nitrogens with two attached hydrogens (primary N) is 1. The maximum absolute atomic E-state index is 12.5. The summed E-state index contributed by atoms with van der Waals surface area (Å²) >= 11 is 0. The molecule has 28 heavy (non-hydrogen) atoms. The Labute approximate surface area is 162 Å². The zero-order valence-corrected chi connectivity index (χ0v) is 15.2. The van der Waals surface area contributed by atoms with E-state index < -0.39 is 19.0 Å². The minimum Gasteiger partial charge on any atom is -0.534 e. The van der Waals surface area contributed by atoms with Gasteiger partial charge >= 0.3 is 13.1 Å². The molecule has 0 saturated carbocycles. The van der Waals surface area contributed by atoms with Crippen molar-refractivity contribution in [1.82, 2.24) is 10.6 Å². The van der Waals surface area contributed by atoms with E-state index in [4.69, 9.17) is 10.4 Å². The van der Waals surface area contributed by atoms with Crippen LogP contribution in [0.5, 0.6) is 5.75 Å². The maximum atomic E-state index is 12.5. The summed E-state index contributed by atoms with van der Waals surface area (Å²) in [4.78, 5) is 23.8. The van der Waals surface area contributed by atoms with Gasteiger partial charge in [0, 0.05) is 25.2 Å². The summed E-state index contributed by atoms with van der Waals surface area (Å²) in [5.74, 6) is -2.02. The van der Waals surface area contributed by atoms with E-state index in [2.05, 4.69) is 10.6 Å². The van der Waals surface area contributed by atoms with E-state index in [-0.39, 0.29) is 23.6 Å². The molecule has 3 rings (SSSR count). The minimum absolute atomic E-state index is 0.0137. The number of carbonyl (C=O) groups is 2.